The van der Waals surface area contributed by atoms with Crippen molar-refractivity contribution < 1.29 is 4.74 Å². The van der Waals surface area contributed by atoms with Gasteiger partial charge in [-0.1, -0.05) is 20.8 Å². The molecule has 1 heterocycles. The molecule has 1 fully saturated rings. The molecule has 1 aliphatic heterocycles. The molecule has 4 nitrogen and oxygen atoms in total. The Morgan fingerprint density at radius 3 is 2.74 bits per heavy atom. The van der Waals surface area contributed by atoms with Crippen LogP contribution in [0.1, 0.15) is 40.5 Å². The molecule has 1 rings (SSSR count). The molecule has 1 atom stereocenters. The molecule has 0 bridgehead atoms. The first-order valence-electron chi connectivity index (χ1n) is 7.48. The second kappa shape index (κ2) is 7.73. The van der Waals surface area contributed by atoms with E-state index in [0.29, 0.717) is 11.3 Å². The number of rotatable bonds is 5. The maximum absolute atomic E-state index is 5.25. The molecule has 19 heavy (non-hydrogen) atoms. The summed E-state index contributed by atoms with van der Waals surface area (Å²) in [6, 6.07) is 0. The highest BCUT2D eigenvalue weighted by molar-refractivity contribution is 5.80. The van der Waals surface area contributed by atoms with E-state index in [1.807, 2.05) is 0 Å². The number of hydrogen-bond acceptors (Lipinski definition) is 2. The summed E-state index contributed by atoms with van der Waals surface area (Å²) >= 11 is 0. The molecular weight excluding hydrogens is 238 g/mol. The maximum Gasteiger partial charge on any atom is 0.193 e. The number of nitrogens with zero attached hydrogens (tertiary/aromatic N) is 2. The Morgan fingerprint density at radius 2 is 2.16 bits per heavy atom. The van der Waals surface area contributed by atoms with Crippen LogP contribution in [-0.2, 0) is 4.74 Å². The first-order chi connectivity index (χ1) is 8.96. The molecule has 112 valence electrons. The fourth-order valence-corrected chi connectivity index (χ4v) is 2.32. The van der Waals surface area contributed by atoms with Crippen molar-refractivity contribution in [2.75, 3.05) is 39.9 Å². The van der Waals surface area contributed by atoms with Crippen molar-refractivity contribution in [2.24, 2.45) is 16.3 Å². The Bertz CT molecular complexity index is 284. The number of nitrogens with one attached hydrogen (secondary N) is 1. The lowest BCUT2D eigenvalue weighted by atomic mass is 9.92. The van der Waals surface area contributed by atoms with Gasteiger partial charge in [0.25, 0.3) is 0 Å². The normalized spacial score (nSPS) is 21.0. The monoisotopic (exact) mass is 269 g/mol. The molecular formula is C15H31N3O. The summed E-state index contributed by atoms with van der Waals surface area (Å²) in [5.74, 6) is 1.72. The lowest BCUT2D eigenvalue weighted by molar-refractivity contribution is 0.157. The molecule has 0 spiro atoms. The lowest BCUT2D eigenvalue weighted by Crippen LogP contribution is -2.40. The number of guanidine groups is 1. The van der Waals surface area contributed by atoms with E-state index < -0.39 is 0 Å². The number of likely N-dealkylation sites (tertiary alicyclic amines) is 1. The third-order valence-electron chi connectivity index (χ3n) is 3.45. The van der Waals surface area contributed by atoms with Gasteiger partial charge >= 0.3 is 0 Å². The number of ether oxygens (including phenoxy) is 1. The van der Waals surface area contributed by atoms with Crippen LogP contribution in [0.25, 0.3) is 0 Å². The van der Waals surface area contributed by atoms with Crippen LogP contribution < -0.4 is 5.32 Å². The van der Waals surface area contributed by atoms with Crippen LogP contribution >= 0.6 is 0 Å². The third kappa shape index (κ3) is 6.28. The van der Waals surface area contributed by atoms with E-state index in [-0.39, 0.29) is 0 Å². The quantitative estimate of drug-likeness (QED) is 0.615. The summed E-state index contributed by atoms with van der Waals surface area (Å²) in [7, 11) is 1.78. The molecule has 0 aromatic heterocycles. The van der Waals surface area contributed by atoms with Gasteiger partial charge in [-0.25, -0.2) is 0 Å². The Balaban J connectivity index is 2.50. The molecule has 1 aliphatic rings. The van der Waals surface area contributed by atoms with E-state index in [0.717, 1.165) is 45.2 Å². The van der Waals surface area contributed by atoms with Crippen LogP contribution in [0.3, 0.4) is 0 Å². The van der Waals surface area contributed by atoms with Gasteiger partial charge in [-0.3, -0.25) is 4.99 Å². The summed E-state index contributed by atoms with van der Waals surface area (Å²) in [5, 5.41) is 3.41. The summed E-state index contributed by atoms with van der Waals surface area (Å²) in [6.45, 7) is 13.8. The van der Waals surface area contributed by atoms with E-state index in [1.165, 1.54) is 6.42 Å². The number of hydrogen-bond donors (Lipinski definition) is 1. The minimum atomic E-state index is 0.352. The molecule has 0 aliphatic carbocycles. The second-order valence-electron chi connectivity index (χ2n) is 6.60. The van der Waals surface area contributed by atoms with Crippen molar-refractivity contribution >= 4 is 5.96 Å². The van der Waals surface area contributed by atoms with E-state index in [9.17, 15) is 0 Å². The highest BCUT2D eigenvalue weighted by Crippen LogP contribution is 2.19. The van der Waals surface area contributed by atoms with Crippen molar-refractivity contribution in [3.05, 3.63) is 0 Å². The van der Waals surface area contributed by atoms with Crippen molar-refractivity contribution in [1.82, 2.24) is 10.2 Å². The SMILES string of the molecule is CCNC(=NCCC(C)(C)C)N1CCC(COC)C1. The van der Waals surface area contributed by atoms with Gasteiger partial charge in [0, 0.05) is 39.2 Å². The molecule has 0 saturated carbocycles. The van der Waals surface area contributed by atoms with Gasteiger partial charge < -0.3 is 15.0 Å². The van der Waals surface area contributed by atoms with E-state index in [4.69, 9.17) is 9.73 Å². The molecule has 1 N–H and O–H groups in total. The fraction of sp³-hybridized carbons (Fsp3) is 0.933. The smallest absolute Gasteiger partial charge is 0.193 e. The standard InChI is InChI=1S/C15H31N3O/c1-6-16-14(17-9-8-15(2,3)4)18-10-7-13(11-18)12-19-5/h13H,6-12H2,1-5H3,(H,16,17). The van der Waals surface area contributed by atoms with Gasteiger partial charge in [-0.05, 0) is 25.2 Å². The van der Waals surface area contributed by atoms with Gasteiger partial charge in [-0.2, -0.15) is 0 Å². The zero-order valence-corrected chi connectivity index (χ0v) is 13.3. The van der Waals surface area contributed by atoms with Gasteiger partial charge in [0.15, 0.2) is 5.96 Å². The van der Waals surface area contributed by atoms with E-state index in [2.05, 4.69) is 37.9 Å². The predicted molar refractivity (Wildman–Crippen MR) is 81.6 cm³/mol. The van der Waals surface area contributed by atoms with Crippen molar-refractivity contribution in [1.29, 1.82) is 0 Å². The Kier molecular flexibility index (Phi) is 6.63. The average Bonchev–Trinajstić information content (AvgIpc) is 2.75. The van der Waals surface area contributed by atoms with Gasteiger partial charge in [0.1, 0.15) is 0 Å². The molecule has 0 amide bonds. The highest BCUT2D eigenvalue weighted by Gasteiger charge is 2.24. The maximum atomic E-state index is 5.25. The molecule has 4 heteroatoms. The largest absolute Gasteiger partial charge is 0.384 e. The Morgan fingerprint density at radius 1 is 1.42 bits per heavy atom. The molecule has 0 aromatic carbocycles. The predicted octanol–water partition coefficient (Wildman–Crippen LogP) is 2.36. The Hall–Kier alpha value is -0.770. The van der Waals surface area contributed by atoms with Crippen LogP contribution in [0.2, 0.25) is 0 Å². The highest BCUT2D eigenvalue weighted by atomic mass is 16.5. The zero-order chi connectivity index (χ0) is 14.3. The van der Waals surface area contributed by atoms with Crippen LogP contribution in [-0.4, -0.2) is 50.8 Å². The van der Waals surface area contributed by atoms with Crippen LogP contribution in [0.15, 0.2) is 4.99 Å². The number of methoxy groups -OCH3 is 1. The van der Waals surface area contributed by atoms with Gasteiger partial charge in [-0.15, -0.1) is 0 Å². The number of aliphatic imine (C=N–C) groups is 1. The summed E-state index contributed by atoms with van der Waals surface area (Å²) in [6.07, 6.45) is 2.33. The Labute approximate surface area is 118 Å². The van der Waals surface area contributed by atoms with Crippen LogP contribution in [0, 0.1) is 11.3 Å². The fourth-order valence-electron chi connectivity index (χ4n) is 2.32. The molecule has 0 aromatic rings. The van der Waals surface area contributed by atoms with Gasteiger partial charge in [0.2, 0.25) is 0 Å². The second-order valence-corrected chi connectivity index (χ2v) is 6.60. The molecule has 0 radical (unpaired) electrons. The first kappa shape index (κ1) is 16.3. The minimum Gasteiger partial charge on any atom is -0.384 e. The average molecular weight is 269 g/mol. The third-order valence-corrected chi connectivity index (χ3v) is 3.45. The lowest BCUT2D eigenvalue weighted by Gasteiger charge is -2.22. The van der Waals surface area contributed by atoms with Crippen molar-refractivity contribution in [3.63, 3.8) is 0 Å². The van der Waals surface area contributed by atoms with Gasteiger partial charge in [0.05, 0.1) is 6.61 Å². The summed E-state index contributed by atoms with van der Waals surface area (Å²) < 4.78 is 5.25. The zero-order valence-electron chi connectivity index (χ0n) is 13.3. The van der Waals surface area contributed by atoms with Crippen molar-refractivity contribution in [2.45, 2.75) is 40.5 Å². The topological polar surface area (TPSA) is 36.9 Å². The first-order valence-corrected chi connectivity index (χ1v) is 7.48. The minimum absolute atomic E-state index is 0.352. The van der Waals surface area contributed by atoms with Crippen molar-refractivity contribution in [3.8, 4) is 0 Å². The van der Waals surface area contributed by atoms with Crippen LogP contribution in [0.5, 0.6) is 0 Å². The molecule has 1 unspecified atom stereocenters. The summed E-state index contributed by atoms with van der Waals surface area (Å²) in [5.41, 5.74) is 0.352. The summed E-state index contributed by atoms with van der Waals surface area (Å²) in [4.78, 5) is 7.14. The molecule has 1 saturated heterocycles. The van der Waals surface area contributed by atoms with E-state index >= 15 is 0 Å². The van der Waals surface area contributed by atoms with E-state index in [1.54, 1.807) is 7.11 Å². The van der Waals surface area contributed by atoms with Crippen LogP contribution in [0.4, 0.5) is 0 Å².